The van der Waals surface area contributed by atoms with Gasteiger partial charge in [0.15, 0.2) is 4.98 Å². The highest BCUT2D eigenvalue weighted by Gasteiger charge is 2.26. The van der Waals surface area contributed by atoms with Crippen LogP contribution in [0.2, 0.25) is 0 Å². The third-order valence-electron chi connectivity index (χ3n) is 3.43. The summed E-state index contributed by atoms with van der Waals surface area (Å²) in [6.07, 6.45) is 4.70. The SMILES string of the molecule is N#[N+]c1cc2c3c(c1)CCCN3CCC2. The van der Waals surface area contributed by atoms with Crippen molar-refractivity contribution in [3.05, 3.63) is 28.2 Å². The Balaban J connectivity index is 2.20. The summed E-state index contributed by atoms with van der Waals surface area (Å²) in [7, 11) is 0. The molecule has 3 rings (SSSR count). The molecule has 76 valence electrons. The summed E-state index contributed by atoms with van der Waals surface area (Å²) in [6, 6.07) is 4.05. The lowest BCUT2D eigenvalue weighted by Gasteiger charge is -2.36. The molecule has 1 aromatic carbocycles. The summed E-state index contributed by atoms with van der Waals surface area (Å²) < 4.78 is 0. The van der Waals surface area contributed by atoms with Gasteiger partial charge in [-0.15, -0.1) is 0 Å². The molecule has 0 fully saturated rings. The highest BCUT2D eigenvalue weighted by molar-refractivity contribution is 5.68. The van der Waals surface area contributed by atoms with Gasteiger partial charge in [0.05, 0.1) is 0 Å². The molecule has 0 N–H and O–H groups in total. The Morgan fingerprint density at radius 3 is 2.20 bits per heavy atom. The zero-order valence-electron chi connectivity index (χ0n) is 8.74. The number of anilines is 1. The van der Waals surface area contributed by atoms with Crippen LogP contribution in [0.5, 0.6) is 0 Å². The Labute approximate surface area is 89.3 Å². The van der Waals surface area contributed by atoms with E-state index in [1.807, 2.05) is 12.1 Å². The molecule has 2 heterocycles. The van der Waals surface area contributed by atoms with E-state index in [0.717, 1.165) is 12.8 Å². The molecule has 0 aromatic heterocycles. The maximum atomic E-state index is 8.85. The quantitative estimate of drug-likeness (QED) is 0.603. The molecule has 0 aliphatic carbocycles. The van der Waals surface area contributed by atoms with E-state index in [0.29, 0.717) is 5.69 Å². The van der Waals surface area contributed by atoms with E-state index >= 15 is 0 Å². The molecule has 15 heavy (non-hydrogen) atoms. The van der Waals surface area contributed by atoms with E-state index < -0.39 is 0 Å². The number of rotatable bonds is 0. The minimum absolute atomic E-state index is 0.715. The lowest BCUT2D eigenvalue weighted by atomic mass is 9.91. The van der Waals surface area contributed by atoms with Crippen LogP contribution >= 0.6 is 0 Å². The number of hydrogen-bond donors (Lipinski definition) is 0. The molecule has 2 aliphatic rings. The molecule has 0 radical (unpaired) electrons. The highest BCUT2D eigenvalue weighted by Crippen LogP contribution is 2.37. The van der Waals surface area contributed by atoms with Gasteiger partial charge in [-0.2, -0.15) is 0 Å². The van der Waals surface area contributed by atoms with Crippen molar-refractivity contribution < 1.29 is 0 Å². The fraction of sp³-hybridized carbons (Fsp3) is 0.500. The topological polar surface area (TPSA) is 31.4 Å². The third-order valence-corrected chi connectivity index (χ3v) is 3.43. The predicted octanol–water partition coefficient (Wildman–Crippen LogP) is 2.87. The molecule has 1 aromatic rings. The predicted molar refractivity (Wildman–Crippen MR) is 60.0 cm³/mol. The van der Waals surface area contributed by atoms with Crippen molar-refractivity contribution in [1.29, 1.82) is 5.39 Å². The lowest BCUT2D eigenvalue weighted by molar-refractivity contribution is 0.634. The molecule has 0 bridgehead atoms. The maximum absolute atomic E-state index is 8.85. The minimum atomic E-state index is 0.715. The van der Waals surface area contributed by atoms with Crippen LogP contribution < -0.4 is 4.90 Å². The van der Waals surface area contributed by atoms with Crippen LogP contribution in [0.1, 0.15) is 24.0 Å². The van der Waals surface area contributed by atoms with Crippen molar-refractivity contribution in [2.75, 3.05) is 18.0 Å². The average Bonchev–Trinajstić information content (AvgIpc) is 2.29. The largest absolute Gasteiger partial charge is 0.385 e. The van der Waals surface area contributed by atoms with E-state index in [9.17, 15) is 0 Å². The van der Waals surface area contributed by atoms with Crippen LogP contribution in [0.3, 0.4) is 0 Å². The Hall–Kier alpha value is -1.56. The van der Waals surface area contributed by atoms with Crippen LogP contribution in [0.15, 0.2) is 12.1 Å². The zero-order chi connectivity index (χ0) is 10.3. The standard InChI is InChI=1S/C12H14N3/c13-14-11-7-9-3-1-5-15-6-2-4-10(8-11)12(9)15/h7-8H,1-6H2/q+1. The van der Waals surface area contributed by atoms with Crippen LogP contribution in [0.4, 0.5) is 11.4 Å². The summed E-state index contributed by atoms with van der Waals surface area (Å²) in [5.41, 5.74) is 4.88. The molecule has 3 nitrogen and oxygen atoms in total. The summed E-state index contributed by atoms with van der Waals surface area (Å²) in [4.78, 5) is 5.80. The van der Waals surface area contributed by atoms with Crippen molar-refractivity contribution in [3.63, 3.8) is 0 Å². The first-order valence-electron chi connectivity index (χ1n) is 5.64. The number of benzene rings is 1. The van der Waals surface area contributed by atoms with Crippen LogP contribution in [0, 0.1) is 5.39 Å². The smallest absolute Gasteiger partial charge is 0.371 e. The van der Waals surface area contributed by atoms with E-state index in [4.69, 9.17) is 5.39 Å². The highest BCUT2D eigenvalue weighted by atomic mass is 15.1. The second-order valence-electron chi connectivity index (χ2n) is 4.41. The molecule has 0 saturated carbocycles. The first kappa shape index (κ1) is 8.72. The Morgan fingerprint density at radius 1 is 1.07 bits per heavy atom. The van der Waals surface area contributed by atoms with E-state index in [1.165, 1.54) is 42.7 Å². The molecule has 0 atom stereocenters. The maximum Gasteiger partial charge on any atom is 0.385 e. The average molecular weight is 200 g/mol. The van der Waals surface area contributed by atoms with Gasteiger partial charge in [0.2, 0.25) is 5.39 Å². The molecule has 2 aliphatic heterocycles. The fourth-order valence-corrected chi connectivity index (χ4v) is 2.84. The van der Waals surface area contributed by atoms with Crippen LogP contribution in [-0.4, -0.2) is 13.1 Å². The first-order chi connectivity index (χ1) is 7.38. The zero-order valence-corrected chi connectivity index (χ0v) is 8.74. The van der Waals surface area contributed by atoms with E-state index in [-0.39, 0.29) is 0 Å². The third kappa shape index (κ3) is 1.29. The second-order valence-corrected chi connectivity index (χ2v) is 4.41. The monoisotopic (exact) mass is 200 g/mol. The first-order valence-corrected chi connectivity index (χ1v) is 5.64. The second kappa shape index (κ2) is 3.23. The van der Waals surface area contributed by atoms with E-state index in [1.54, 1.807) is 0 Å². The molecule has 0 saturated heterocycles. The lowest BCUT2D eigenvalue weighted by Crippen LogP contribution is -2.34. The van der Waals surface area contributed by atoms with Gasteiger partial charge in [0.25, 0.3) is 0 Å². The summed E-state index contributed by atoms with van der Waals surface area (Å²) in [5.74, 6) is 0. The van der Waals surface area contributed by atoms with Gasteiger partial charge in [0.1, 0.15) is 0 Å². The number of diazo groups is 1. The summed E-state index contributed by atoms with van der Waals surface area (Å²) >= 11 is 0. The van der Waals surface area contributed by atoms with Crippen molar-refractivity contribution in [2.45, 2.75) is 25.7 Å². The summed E-state index contributed by atoms with van der Waals surface area (Å²) in [5, 5.41) is 8.85. The van der Waals surface area contributed by atoms with E-state index in [2.05, 4.69) is 9.88 Å². The van der Waals surface area contributed by atoms with Gasteiger partial charge in [-0.3, -0.25) is 0 Å². The number of nitrogens with zero attached hydrogens (tertiary/aromatic N) is 3. The fourth-order valence-electron chi connectivity index (χ4n) is 2.84. The van der Waals surface area contributed by atoms with Gasteiger partial charge in [-0.05, 0) is 36.8 Å². The molecular formula is C12H14N3+. The van der Waals surface area contributed by atoms with Crippen molar-refractivity contribution in [3.8, 4) is 0 Å². The molecule has 0 amide bonds. The van der Waals surface area contributed by atoms with Gasteiger partial charge in [-0.1, -0.05) is 0 Å². The minimum Gasteiger partial charge on any atom is -0.371 e. The van der Waals surface area contributed by atoms with Gasteiger partial charge in [-0.25, -0.2) is 0 Å². The normalized spacial score (nSPS) is 18.2. The molecular weight excluding hydrogens is 186 g/mol. The van der Waals surface area contributed by atoms with Gasteiger partial charge in [0, 0.05) is 30.9 Å². The molecule has 0 unspecified atom stereocenters. The van der Waals surface area contributed by atoms with Crippen molar-refractivity contribution >= 4 is 11.4 Å². The Kier molecular flexibility index (Phi) is 1.88. The van der Waals surface area contributed by atoms with Crippen LogP contribution in [0.25, 0.3) is 4.98 Å². The van der Waals surface area contributed by atoms with Crippen molar-refractivity contribution in [1.82, 2.24) is 0 Å². The number of hydrogen-bond acceptors (Lipinski definition) is 2. The van der Waals surface area contributed by atoms with Crippen molar-refractivity contribution in [2.24, 2.45) is 0 Å². The van der Waals surface area contributed by atoms with Gasteiger partial charge < -0.3 is 4.90 Å². The van der Waals surface area contributed by atoms with Gasteiger partial charge >= 0.3 is 5.69 Å². The Morgan fingerprint density at radius 2 is 1.67 bits per heavy atom. The molecule has 0 spiro atoms. The summed E-state index contributed by atoms with van der Waals surface area (Å²) in [6.45, 7) is 2.38. The van der Waals surface area contributed by atoms with Crippen LogP contribution in [-0.2, 0) is 12.8 Å². The molecule has 3 heteroatoms. The Bertz CT molecular complexity index is 414. The number of aryl methyl sites for hydroxylation is 2.